The number of unbranched alkanes of at least 4 members (excludes halogenated alkanes) is 1. The molecule has 0 amide bonds. The van der Waals surface area contributed by atoms with Gasteiger partial charge in [-0.2, -0.15) is 0 Å². The van der Waals surface area contributed by atoms with Gasteiger partial charge in [-0.15, -0.1) is 0 Å². The van der Waals surface area contributed by atoms with Crippen molar-refractivity contribution in [2.75, 3.05) is 13.7 Å². The molecule has 0 N–H and O–H groups in total. The molecule has 0 radical (unpaired) electrons. The summed E-state index contributed by atoms with van der Waals surface area (Å²) in [6.07, 6.45) is 13.4. The molecule has 27 heavy (non-hydrogen) atoms. The molecule has 1 aromatic rings. The summed E-state index contributed by atoms with van der Waals surface area (Å²) < 4.78 is 11.3. The zero-order valence-corrected chi connectivity index (χ0v) is 17.8. The Kier molecular flexibility index (Phi) is 11.0. The molecule has 0 aliphatic heterocycles. The maximum atomic E-state index is 5.97. The predicted molar refractivity (Wildman–Crippen MR) is 117 cm³/mol. The number of methoxy groups -OCH3 is 1. The first kappa shape index (κ1) is 22.8. The fourth-order valence-electron chi connectivity index (χ4n) is 2.75. The van der Waals surface area contributed by atoms with Gasteiger partial charge in [0.25, 0.3) is 0 Å². The van der Waals surface area contributed by atoms with Crippen LogP contribution < -0.4 is 4.74 Å². The second-order valence-corrected chi connectivity index (χ2v) is 6.80. The van der Waals surface area contributed by atoms with Crippen LogP contribution in [0.5, 0.6) is 5.75 Å². The van der Waals surface area contributed by atoms with Crippen LogP contribution in [0.1, 0.15) is 57.6 Å². The number of rotatable bonds is 12. The van der Waals surface area contributed by atoms with E-state index in [1.165, 1.54) is 22.3 Å². The van der Waals surface area contributed by atoms with Gasteiger partial charge in [0.2, 0.25) is 0 Å². The van der Waals surface area contributed by atoms with Crippen molar-refractivity contribution in [1.29, 1.82) is 0 Å². The largest absolute Gasteiger partial charge is 0.497 e. The van der Waals surface area contributed by atoms with Crippen LogP contribution in [0.3, 0.4) is 0 Å². The third kappa shape index (κ3) is 8.34. The van der Waals surface area contributed by atoms with Gasteiger partial charge >= 0.3 is 0 Å². The Morgan fingerprint density at radius 2 is 1.96 bits per heavy atom. The van der Waals surface area contributed by atoms with Crippen LogP contribution in [0.4, 0.5) is 0 Å². The summed E-state index contributed by atoms with van der Waals surface area (Å²) in [5, 5.41) is 0. The smallest absolute Gasteiger partial charge is 0.122 e. The predicted octanol–water partition coefficient (Wildman–Crippen LogP) is 7.11. The molecule has 0 bridgehead atoms. The van der Waals surface area contributed by atoms with E-state index < -0.39 is 0 Å². The van der Waals surface area contributed by atoms with Crippen molar-refractivity contribution >= 4 is 0 Å². The summed E-state index contributed by atoms with van der Waals surface area (Å²) in [5.74, 6) is 1.87. The minimum Gasteiger partial charge on any atom is -0.497 e. The minimum absolute atomic E-state index is 0.761. The highest BCUT2D eigenvalue weighted by Gasteiger charge is 2.04. The van der Waals surface area contributed by atoms with Gasteiger partial charge in [-0.05, 0) is 74.4 Å². The third-order valence-corrected chi connectivity index (χ3v) is 4.62. The third-order valence-electron chi connectivity index (χ3n) is 4.62. The van der Waals surface area contributed by atoms with Crippen molar-refractivity contribution in [3.63, 3.8) is 0 Å². The van der Waals surface area contributed by atoms with Gasteiger partial charge in [0.05, 0.1) is 13.7 Å². The van der Waals surface area contributed by atoms with Gasteiger partial charge in [-0.1, -0.05) is 56.7 Å². The number of ether oxygens (including phenoxy) is 2. The summed E-state index contributed by atoms with van der Waals surface area (Å²) in [4.78, 5) is 0. The van der Waals surface area contributed by atoms with Crippen LogP contribution >= 0.6 is 0 Å². The highest BCUT2D eigenvalue weighted by molar-refractivity contribution is 5.36. The zero-order valence-electron chi connectivity index (χ0n) is 17.8. The molecule has 0 heterocycles. The van der Waals surface area contributed by atoms with Crippen molar-refractivity contribution in [1.82, 2.24) is 0 Å². The summed E-state index contributed by atoms with van der Waals surface area (Å²) in [6.45, 7) is 13.3. The topological polar surface area (TPSA) is 18.5 Å². The van der Waals surface area contributed by atoms with Crippen LogP contribution in [0.25, 0.3) is 0 Å². The Labute approximate surface area is 166 Å². The normalized spacial score (nSPS) is 12.9. The fourth-order valence-corrected chi connectivity index (χ4v) is 2.75. The Bertz CT molecular complexity index is 678. The van der Waals surface area contributed by atoms with Crippen molar-refractivity contribution in [2.45, 2.75) is 59.8 Å². The zero-order chi connectivity index (χ0) is 20.1. The molecule has 0 unspecified atom stereocenters. The summed E-state index contributed by atoms with van der Waals surface area (Å²) in [7, 11) is 1.71. The minimum atomic E-state index is 0.761. The van der Waals surface area contributed by atoms with Crippen molar-refractivity contribution in [3.8, 4) is 5.75 Å². The molecule has 148 valence electrons. The molecule has 2 heteroatoms. The highest BCUT2D eigenvalue weighted by atomic mass is 16.5. The van der Waals surface area contributed by atoms with Gasteiger partial charge < -0.3 is 9.47 Å². The lowest BCUT2D eigenvalue weighted by Gasteiger charge is -2.13. The lowest BCUT2D eigenvalue weighted by Crippen LogP contribution is -1.98. The van der Waals surface area contributed by atoms with Crippen molar-refractivity contribution < 1.29 is 9.47 Å². The van der Waals surface area contributed by atoms with E-state index in [1.54, 1.807) is 13.2 Å². The number of hydrogen-bond acceptors (Lipinski definition) is 2. The molecular weight excluding hydrogens is 332 g/mol. The molecule has 0 aliphatic carbocycles. The van der Waals surface area contributed by atoms with Gasteiger partial charge in [0, 0.05) is 0 Å². The SMILES string of the molecule is C=C/C=C(OCCCC)\C(=C/C/C(C)=C/Cc1cc(OC)ccc1C)CC. The first-order valence-electron chi connectivity index (χ1n) is 9.99. The number of hydrogen-bond donors (Lipinski definition) is 0. The van der Waals surface area contributed by atoms with E-state index in [0.717, 1.165) is 50.2 Å². The molecule has 2 nitrogen and oxygen atoms in total. The molecule has 0 atom stereocenters. The molecular formula is C25H36O2. The maximum Gasteiger partial charge on any atom is 0.122 e. The Morgan fingerprint density at radius 3 is 2.59 bits per heavy atom. The molecule has 0 fully saturated rings. The van der Waals surface area contributed by atoms with Crippen LogP contribution in [0.2, 0.25) is 0 Å². The summed E-state index contributed by atoms with van der Waals surface area (Å²) in [5.41, 5.74) is 5.21. The summed E-state index contributed by atoms with van der Waals surface area (Å²) in [6, 6.07) is 6.25. The van der Waals surface area contributed by atoms with Crippen LogP contribution in [-0.2, 0) is 11.2 Å². The van der Waals surface area contributed by atoms with E-state index in [2.05, 4.69) is 58.6 Å². The van der Waals surface area contributed by atoms with Crippen molar-refractivity contribution in [2.24, 2.45) is 0 Å². The van der Waals surface area contributed by atoms with Crippen molar-refractivity contribution in [3.05, 3.63) is 77.1 Å². The van der Waals surface area contributed by atoms with E-state index in [1.807, 2.05) is 12.1 Å². The Hall–Kier alpha value is -2.22. The quantitative estimate of drug-likeness (QED) is 0.169. The van der Waals surface area contributed by atoms with Gasteiger partial charge in [0.1, 0.15) is 11.5 Å². The van der Waals surface area contributed by atoms with Gasteiger partial charge in [-0.3, -0.25) is 0 Å². The fraction of sp³-hybridized carbons (Fsp3) is 0.440. The first-order valence-corrected chi connectivity index (χ1v) is 9.99. The Balaban J connectivity index is 2.80. The highest BCUT2D eigenvalue weighted by Crippen LogP contribution is 2.21. The molecule has 0 aliphatic rings. The summed E-state index contributed by atoms with van der Waals surface area (Å²) >= 11 is 0. The first-order chi connectivity index (χ1) is 13.0. The molecule has 0 spiro atoms. The number of benzene rings is 1. The van der Waals surface area contributed by atoms with Crippen LogP contribution in [0.15, 0.2) is 66.0 Å². The van der Waals surface area contributed by atoms with Gasteiger partial charge in [0.15, 0.2) is 0 Å². The number of aryl methyl sites for hydroxylation is 1. The van der Waals surface area contributed by atoms with Crippen LogP contribution in [0, 0.1) is 6.92 Å². The number of allylic oxidation sites excluding steroid dienone is 6. The maximum absolute atomic E-state index is 5.97. The Morgan fingerprint density at radius 1 is 1.19 bits per heavy atom. The van der Waals surface area contributed by atoms with E-state index in [4.69, 9.17) is 9.47 Å². The van der Waals surface area contributed by atoms with E-state index in [-0.39, 0.29) is 0 Å². The second kappa shape index (κ2) is 13.0. The molecule has 1 aromatic carbocycles. The molecule has 0 saturated heterocycles. The van der Waals surface area contributed by atoms with E-state index in [0.29, 0.717) is 0 Å². The standard InChI is InChI=1S/C25H36O2/c1-7-10-18-27-25(11-8-2)22(9-3)15-12-20(4)13-16-23-19-24(26-6)17-14-21(23)5/h8,11,13-15,17,19H,2,7,9-10,12,16,18H2,1,3-6H3/b20-13+,22-15-,25-11+. The second-order valence-electron chi connectivity index (χ2n) is 6.80. The molecule has 0 aromatic heterocycles. The van der Waals surface area contributed by atoms with E-state index >= 15 is 0 Å². The molecule has 0 saturated carbocycles. The molecule has 1 rings (SSSR count). The lowest BCUT2D eigenvalue weighted by atomic mass is 10.0. The van der Waals surface area contributed by atoms with Gasteiger partial charge in [-0.25, -0.2) is 0 Å². The van der Waals surface area contributed by atoms with E-state index in [9.17, 15) is 0 Å². The lowest BCUT2D eigenvalue weighted by molar-refractivity contribution is 0.214. The van der Waals surface area contributed by atoms with Crippen LogP contribution in [-0.4, -0.2) is 13.7 Å². The monoisotopic (exact) mass is 368 g/mol. The average molecular weight is 369 g/mol. The average Bonchev–Trinajstić information content (AvgIpc) is 2.67.